The van der Waals surface area contributed by atoms with E-state index >= 15 is 0 Å². The van der Waals surface area contributed by atoms with Gasteiger partial charge >= 0.3 is 0 Å². The zero-order valence-corrected chi connectivity index (χ0v) is 14.6. The van der Waals surface area contributed by atoms with Crippen LogP contribution < -0.4 is 4.74 Å². The van der Waals surface area contributed by atoms with Crippen molar-refractivity contribution in [1.82, 2.24) is 0 Å². The molecule has 0 saturated carbocycles. The Kier molecular flexibility index (Phi) is 4.49. The van der Waals surface area contributed by atoms with Crippen molar-refractivity contribution in [1.29, 1.82) is 5.26 Å². The third kappa shape index (κ3) is 3.02. The number of hydrogen-bond donors (Lipinski definition) is 0. The van der Waals surface area contributed by atoms with Crippen LogP contribution in [0.1, 0.15) is 46.0 Å². The van der Waals surface area contributed by atoms with E-state index in [1.807, 2.05) is 13.1 Å². The number of aryl methyl sites for hydroxylation is 3. The van der Waals surface area contributed by atoms with Crippen LogP contribution in [-0.2, 0) is 12.8 Å². The molecule has 0 fully saturated rings. The number of rotatable bonds is 4. The Morgan fingerprint density at radius 3 is 2.91 bits per heavy atom. The summed E-state index contributed by atoms with van der Waals surface area (Å²) in [5.41, 5.74) is 5.25. The van der Waals surface area contributed by atoms with Crippen molar-refractivity contribution in [3.8, 4) is 11.8 Å². The van der Waals surface area contributed by atoms with Crippen LogP contribution in [0.3, 0.4) is 0 Å². The van der Waals surface area contributed by atoms with Gasteiger partial charge in [-0.1, -0.05) is 6.07 Å². The molecule has 1 aromatic heterocycles. The summed E-state index contributed by atoms with van der Waals surface area (Å²) in [4.78, 5) is 5.96. The maximum Gasteiger partial charge on any atom is 0.134 e. The van der Waals surface area contributed by atoms with Crippen LogP contribution in [-0.4, -0.2) is 12.8 Å². The molecule has 0 aliphatic heterocycles. The highest BCUT2D eigenvalue weighted by molar-refractivity contribution is 7.16. The molecule has 0 spiro atoms. The lowest BCUT2D eigenvalue weighted by Gasteiger charge is -2.11. The van der Waals surface area contributed by atoms with Crippen LogP contribution >= 0.6 is 11.3 Å². The van der Waals surface area contributed by atoms with Gasteiger partial charge in [-0.05, 0) is 62.8 Å². The number of benzene rings is 1. The van der Waals surface area contributed by atoms with E-state index in [4.69, 9.17) is 4.74 Å². The lowest BCUT2D eigenvalue weighted by atomic mass is 10.1. The molecule has 0 radical (unpaired) electrons. The summed E-state index contributed by atoms with van der Waals surface area (Å²) in [6.07, 6.45) is 5.09. The van der Waals surface area contributed by atoms with E-state index in [1.54, 1.807) is 11.3 Å². The fourth-order valence-corrected chi connectivity index (χ4v) is 4.33. The highest BCUT2D eigenvalue weighted by Crippen LogP contribution is 2.40. The van der Waals surface area contributed by atoms with Crippen molar-refractivity contribution in [2.75, 3.05) is 6.61 Å². The maximum atomic E-state index is 9.45. The Balaban J connectivity index is 2.00. The van der Waals surface area contributed by atoms with E-state index < -0.39 is 0 Å². The number of nitrogens with zero attached hydrogens (tertiary/aromatic N) is 2. The lowest BCUT2D eigenvalue weighted by Crippen LogP contribution is -1.99. The number of hydrogen-bond acceptors (Lipinski definition) is 4. The molecule has 0 unspecified atom stereocenters. The molecule has 4 heteroatoms. The van der Waals surface area contributed by atoms with E-state index in [1.165, 1.54) is 16.0 Å². The Morgan fingerprint density at radius 1 is 1.35 bits per heavy atom. The lowest BCUT2D eigenvalue weighted by molar-refractivity contribution is 0.337. The zero-order chi connectivity index (χ0) is 16.4. The molecule has 118 valence electrons. The fourth-order valence-electron chi connectivity index (χ4n) is 3.15. The molecule has 1 aliphatic carbocycles. The Morgan fingerprint density at radius 2 is 2.17 bits per heavy atom. The molecule has 0 bridgehead atoms. The molecule has 0 amide bonds. The minimum absolute atomic E-state index is 0.626. The van der Waals surface area contributed by atoms with Gasteiger partial charge in [0.25, 0.3) is 0 Å². The highest BCUT2D eigenvalue weighted by atomic mass is 32.1. The van der Waals surface area contributed by atoms with Gasteiger partial charge in [-0.25, -0.2) is 4.99 Å². The first-order chi connectivity index (χ1) is 11.1. The van der Waals surface area contributed by atoms with Crippen molar-refractivity contribution >= 4 is 22.6 Å². The Labute approximate surface area is 141 Å². The number of nitriles is 1. The van der Waals surface area contributed by atoms with Crippen molar-refractivity contribution in [3.05, 3.63) is 44.8 Å². The first-order valence-electron chi connectivity index (χ1n) is 7.96. The minimum Gasteiger partial charge on any atom is -0.493 e. The maximum absolute atomic E-state index is 9.45. The van der Waals surface area contributed by atoms with Crippen LogP contribution in [0, 0.1) is 25.2 Å². The normalized spacial score (nSPS) is 13.3. The van der Waals surface area contributed by atoms with Gasteiger partial charge in [0.05, 0.1) is 12.2 Å². The molecule has 0 atom stereocenters. The summed E-state index contributed by atoms with van der Waals surface area (Å²) >= 11 is 1.66. The molecule has 1 heterocycles. The molecule has 0 saturated heterocycles. The molecule has 3 nitrogen and oxygen atoms in total. The molecule has 3 rings (SSSR count). The number of ether oxygens (including phenoxy) is 1. The predicted molar refractivity (Wildman–Crippen MR) is 95.4 cm³/mol. The van der Waals surface area contributed by atoms with Gasteiger partial charge in [-0.3, -0.25) is 0 Å². The second kappa shape index (κ2) is 6.55. The molecule has 2 aromatic rings. The summed E-state index contributed by atoms with van der Waals surface area (Å²) in [6.45, 7) is 6.73. The second-order valence-corrected chi connectivity index (χ2v) is 6.92. The molecule has 1 aliphatic rings. The monoisotopic (exact) mass is 324 g/mol. The van der Waals surface area contributed by atoms with Crippen LogP contribution in [0.5, 0.6) is 5.75 Å². The van der Waals surface area contributed by atoms with Crippen LogP contribution in [0.4, 0.5) is 5.00 Å². The summed E-state index contributed by atoms with van der Waals surface area (Å²) in [7, 11) is 0. The topological polar surface area (TPSA) is 45.4 Å². The van der Waals surface area contributed by atoms with E-state index in [0.29, 0.717) is 6.61 Å². The van der Waals surface area contributed by atoms with Crippen LogP contribution in [0.25, 0.3) is 0 Å². The van der Waals surface area contributed by atoms with Crippen molar-refractivity contribution in [3.63, 3.8) is 0 Å². The fraction of sp³-hybridized carbons (Fsp3) is 0.368. The van der Waals surface area contributed by atoms with Crippen LogP contribution in [0.15, 0.2) is 17.1 Å². The first kappa shape index (κ1) is 15.8. The first-order valence-corrected chi connectivity index (χ1v) is 8.78. The minimum atomic E-state index is 0.626. The zero-order valence-electron chi connectivity index (χ0n) is 13.8. The SMILES string of the molecule is CCOc1c(C)cc(C)cc1C=Nc1sc2c(c1C#N)CCC2. The summed E-state index contributed by atoms with van der Waals surface area (Å²) in [5.74, 6) is 0.879. The number of aliphatic imine (C=N–C) groups is 1. The average Bonchev–Trinajstić information content (AvgIpc) is 3.08. The summed E-state index contributed by atoms with van der Waals surface area (Å²) in [5, 5.41) is 10.3. The Bertz CT molecular complexity index is 812. The van der Waals surface area contributed by atoms with E-state index in [-0.39, 0.29) is 0 Å². The van der Waals surface area contributed by atoms with E-state index in [0.717, 1.165) is 46.7 Å². The van der Waals surface area contributed by atoms with Gasteiger partial charge in [0.1, 0.15) is 16.8 Å². The van der Waals surface area contributed by atoms with Crippen LogP contribution in [0.2, 0.25) is 0 Å². The van der Waals surface area contributed by atoms with Crippen molar-refractivity contribution in [2.24, 2.45) is 4.99 Å². The van der Waals surface area contributed by atoms with E-state index in [9.17, 15) is 5.26 Å². The standard InChI is InChI=1S/C19H20N2OS/c1-4-22-18-13(3)8-12(2)9-14(18)11-21-19-16(10-20)15-6-5-7-17(15)23-19/h8-9,11H,4-7H2,1-3H3. The third-order valence-electron chi connectivity index (χ3n) is 4.07. The van der Waals surface area contributed by atoms with Gasteiger partial charge < -0.3 is 4.74 Å². The largest absolute Gasteiger partial charge is 0.493 e. The quantitative estimate of drug-likeness (QED) is 0.753. The summed E-state index contributed by atoms with van der Waals surface area (Å²) < 4.78 is 5.78. The molecule has 23 heavy (non-hydrogen) atoms. The van der Waals surface area contributed by atoms with E-state index in [2.05, 4.69) is 37.0 Å². The van der Waals surface area contributed by atoms with Gasteiger partial charge in [0, 0.05) is 16.7 Å². The number of fused-ring (bicyclic) bond motifs is 1. The Hall–Kier alpha value is -2.12. The summed E-state index contributed by atoms with van der Waals surface area (Å²) in [6, 6.07) is 6.53. The van der Waals surface area contributed by atoms with Crippen molar-refractivity contribution in [2.45, 2.75) is 40.0 Å². The predicted octanol–water partition coefficient (Wildman–Crippen LogP) is 4.87. The number of thiophene rings is 1. The molecular formula is C19H20N2OS. The van der Waals surface area contributed by atoms with Gasteiger partial charge in [-0.15, -0.1) is 11.3 Å². The molecular weight excluding hydrogens is 304 g/mol. The average molecular weight is 324 g/mol. The smallest absolute Gasteiger partial charge is 0.134 e. The molecule has 1 aromatic carbocycles. The molecule has 0 N–H and O–H groups in total. The van der Waals surface area contributed by atoms with Crippen molar-refractivity contribution < 1.29 is 4.74 Å². The van der Waals surface area contributed by atoms with Gasteiger partial charge in [-0.2, -0.15) is 5.26 Å². The van der Waals surface area contributed by atoms with Gasteiger partial charge in [0.15, 0.2) is 0 Å². The van der Waals surface area contributed by atoms with Gasteiger partial charge in [0.2, 0.25) is 0 Å². The third-order valence-corrected chi connectivity index (χ3v) is 5.27. The highest BCUT2D eigenvalue weighted by Gasteiger charge is 2.21. The second-order valence-electron chi connectivity index (χ2n) is 5.84.